The first-order chi connectivity index (χ1) is 20.3. The number of para-hydroxylation sites is 1. The SMILES string of the molecule is Cc1cc(NC(=O)N(c2ccc(P)cc2)c2ccc(P)cc2)ccc1NC(=O)N(c1ccccc1)c1ccc(P)cc1. The van der Waals surface area contributed by atoms with Crippen LogP contribution in [-0.2, 0) is 0 Å². The van der Waals surface area contributed by atoms with Gasteiger partial charge in [-0.25, -0.2) is 9.59 Å². The number of amides is 4. The van der Waals surface area contributed by atoms with E-state index in [-0.39, 0.29) is 12.1 Å². The van der Waals surface area contributed by atoms with Crippen LogP contribution in [-0.4, -0.2) is 12.1 Å². The van der Waals surface area contributed by atoms with E-state index in [2.05, 4.69) is 38.4 Å². The molecule has 0 heterocycles. The van der Waals surface area contributed by atoms with Crippen LogP contribution in [0, 0.1) is 6.92 Å². The predicted octanol–water partition coefficient (Wildman–Crippen LogP) is 7.24. The van der Waals surface area contributed by atoms with Crippen LogP contribution in [0.3, 0.4) is 0 Å². The molecule has 0 saturated carbocycles. The molecule has 0 saturated heterocycles. The van der Waals surface area contributed by atoms with Gasteiger partial charge in [0.15, 0.2) is 0 Å². The van der Waals surface area contributed by atoms with E-state index in [1.165, 1.54) is 0 Å². The smallest absolute Gasteiger partial charge is 0.307 e. The Kier molecular flexibility index (Phi) is 9.30. The van der Waals surface area contributed by atoms with Crippen molar-refractivity contribution >= 4 is 89.8 Å². The summed E-state index contributed by atoms with van der Waals surface area (Å²) < 4.78 is 0. The summed E-state index contributed by atoms with van der Waals surface area (Å²) in [6, 6.07) is 37.5. The first-order valence-corrected chi connectivity index (χ1v) is 15.0. The van der Waals surface area contributed by atoms with Crippen molar-refractivity contribution in [3.63, 3.8) is 0 Å². The van der Waals surface area contributed by atoms with E-state index in [0.717, 1.165) is 44.2 Å². The monoisotopic (exact) mass is 608 g/mol. The van der Waals surface area contributed by atoms with Crippen molar-refractivity contribution in [3.8, 4) is 0 Å². The molecule has 0 aromatic heterocycles. The molecule has 6 nitrogen and oxygen atoms in total. The molecule has 0 bridgehead atoms. The van der Waals surface area contributed by atoms with Gasteiger partial charge in [0.05, 0.1) is 22.7 Å². The second kappa shape index (κ2) is 13.3. The third kappa shape index (κ3) is 7.04. The van der Waals surface area contributed by atoms with Crippen molar-refractivity contribution in [1.29, 1.82) is 0 Å². The lowest BCUT2D eigenvalue weighted by atomic mass is 10.1. The number of nitrogens with one attached hydrogen (secondary N) is 2. The quantitative estimate of drug-likeness (QED) is 0.200. The lowest BCUT2D eigenvalue weighted by molar-refractivity contribution is 0.258. The van der Waals surface area contributed by atoms with Gasteiger partial charge in [-0.15, -0.1) is 27.7 Å². The van der Waals surface area contributed by atoms with Gasteiger partial charge in [0.2, 0.25) is 0 Å². The molecule has 3 unspecified atom stereocenters. The summed E-state index contributed by atoms with van der Waals surface area (Å²) in [5.41, 5.74) is 5.04. The van der Waals surface area contributed by atoms with Crippen LogP contribution >= 0.6 is 27.7 Å². The third-order valence-corrected chi connectivity index (χ3v) is 7.75. The highest BCUT2D eigenvalue weighted by Crippen LogP contribution is 2.29. The summed E-state index contributed by atoms with van der Waals surface area (Å²) >= 11 is 0. The van der Waals surface area contributed by atoms with Gasteiger partial charge in [0.1, 0.15) is 0 Å². The van der Waals surface area contributed by atoms with Crippen molar-refractivity contribution in [2.45, 2.75) is 6.92 Å². The topological polar surface area (TPSA) is 64.7 Å². The van der Waals surface area contributed by atoms with Gasteiger partial charge in [0.25, 0.3) is 0 Å². The van der Waals surface area contributed by atoms with Gasteiger partial charge in [-0.05, 0) is 95.1 Å². The van der Waals surface area contributed by atoms with Crippen LogP contribution in [0.2, 0.25) is 0 Å². The van der Waals surface area contributed by atoms with E-state index >= 15 is 0 Å². The van der Waals surface area contributed by atoms with Crippen LogP contribution in [0.1, 0.15) is 5.56 Å². The number of carbonyl (C=O) groups excluding carboxylic acids is 2. The Balaban J connectivity index is 1.37. The lowest BCUT2D eigenvalue weighted by Gasteiger charge is -2.25. The van der Waals surface area contributed by atoms with Gasteiger partial charge in [-0.1, -0.05) is 54.6 Å². The van der Waals surface area contributed by atoms with E-state index in [9.17, 15) is 9.59 Å². The summed E-state index contributed by atoms with van der Waals surface area (Å²) in [5.74, 6) is 0. The zero-order valence-electron chi connectivity index (χ0n) is 23.0. The average Bonchev–Trinajstić information content (AvgIpc) is 2.98. The normalized spacial score (nSPS) is 10.6. The molecule has 0 aliphatic rings. The number of hydrogen-bond donors (Lipinski definition) is 2. The van der Waals surface area contributed by atoms with E-state index in [0.29, 0.717) is 11.4 Å². The third-order valence-electron chi connectivity index (χ3n) is 6.59. The maximum Gasteiger partial charge on any atom is 0.330 e. The highest BCUT2D eigenvalue weighted by Gasteiger charge is 2.21. The molecule has 42 heavy (non-hydrogen) atoms. The van der Waals surface area contributed by atoms with Crippen LogP contribution in [0.25, 0.3) is 0 Å². The Labute approximate surface area is 253 Å². The molecule has 3 atom stereocenters. The Hall–Kier alpha value is -4.07. The molecule has 5 aromatic carbocycles. The Bertz CT molecular complexity index is 1650. The fourth-order valence-corrected chi connectivity index (χ4v) is 5.02. The lowest BCUT2D eigenvalue weighted by Crippen LogP contribution is -2.31. The van der Waals surface area contributed by atoms with E-state index in [4.69, 9.17) is 0 Å². The largest absolute Gasteiger partial charge is 0.330 e. The molecule has 0 fully saturated rings. The fourth-order valence-electron chi connectivity index (χ4n) is 4.45. The van der Waals surface area contributed by atoms with Crippen LogP contribution in [0.5, 0.6) is 0 Å². The average molecular weight is 609 g/mol. The molecule has 210 valence electrons. The fraction of sp³-hybridized carbons (Fsp3) is 0.0303. The van der Waals surface area contributed by atoms with E-state index < -0.39 is 0 Å². The minimum atomic E-state index is -0.299. The number of urea groups is 2. The van der Waals surface area contributed by atoms with E-state index in [1.807, 2.05) is 116 Å². The van der Waals surface area contributed by atoms with Crippen LogP contribution in [0.4, 0.5) is 43.7 Å². The van der Waals surface area contributed by atoms with Crippen molar-refractivity contribution in [2.24, 2.45) is 0 Å². The maximum atomic E-state index is 13.6. The van der Waals surface area contributed by atoms with Crippen LogP contribution < -0.4 is 36.3 Å². The second-order valence-corrected chi connectivity index (χ2v) is 11.7. The number of rotatable bonds is 6. The van der Waals surface area contributed by atoms with Crippen molar-refractivity contribution in [3.05, 3.63) is 127 Å². The minimum Gasteiger partial charge on any atom is -0.307 e. The first kappa shape index (κ1) is 29.4. The first-order valence-electron chi connectivity index (χ1n) is 13.2. The van der Waals surface area contributed by atoms with Gasteiger partial charge in [-0.2, -0.15) is 0 Å². The number of nitrogens with zero attached hydrogens (tertiary/aromatic N) is 2. The Morgan fingerprint density at radius 1 is 0.524 bits per heavy atom. The molecule has 4 amide bonds. The van der Waals surface area contributed by atoms with Gasteiger partial charge < -0.3 is 10.6 Å². The highest BCUT2D eigenvalue weighted by atomic mass is 31.0. The molecule has 9 heteroatoms. The number of hydrogen-bond acceptors (Lipinski definition) is 2. The minimum absolute atomic E-state index is 0.293. The zero-order chi connectivity index (χ0) is 29.6. The molecule has 0 spiro atoms. The molecule has 5 aromatic rings. The summed E-state index contributed by atoms with van der Waals surface area (Å²) in [6.07, 6.45) is 0. The Morgan fingerprint density at radius 2 is 0.929 bits per heavy atom. The molecular weight excluding hydrogens is 577 g/mol. The molecule has 0 aliphatic carbocycles. The molecule has 5 rings (SSSR count). The van der Waals surface area contributed by atoms with Crippen LogP contribution in [0.15, 0.2) is 121 Å². The number of carbonyl (C=O) groups is 2. The summed E-state index contributed by atoms with van der Waals surface area (Å²) in [5, 5.41) is 9.15. The molecule has 2 N–H and O–H groups in total. The number of anilines is 6. The van der Waals surface area contributed by atoms with Gasteiger partial charge in [0, 0.05) is 11.4 Å². The number of aryl methyl sites for hydroxylation is 1. The Morgan fingerprint density at radius 3 is 1.36 bits per heavy atom. The van der Waals surface area contributed by atoms with Gasteiger partial charge in [-0.3, -0.25) is 9.80 Å². The number of benzene rings is 5. The van der Waals surface area contributed by atoms with E-state index in [1.54, 1.807) is 21.9 Å². The van der Waals surface area contributed by atoms with Crippen molar-refractivity contribution in [1.82, 2.24) is 0 Å². The van der Waals surface area contributed by atoms with Crippen molar-refractivity contribution in [2.75, 3.05) is 20.4 Å². The van der Waals surface area contributed by atoms with Crippen molar-refractivity contribution < 1.29 is 9.59 Å². The highest BCUT2D eigenvalue weighted by molar-refractivity contribution is 7.27. The maximum absolute atomic E-state index is 13.6. The summed E-state index contributed by atoms with van der Waals surface area (Å²) in [4.78, 5) is 30.5. The standard InChI is InChI=1S/C33H31N4O2P3/c1-22-21-23(34-32(38)37(26-10-16-29(41)17-11-26)27-12-18-30(42)19-13-27)7-20-31(22)35-33(39)36(24-5-3-2-4-6-24)25-8-14-28(40)15-9-25/h2-21H,40-42H2,1H3,(H,34,38)(H,35,39). The predicted molar refractivity (Wildman–Crippen MR) is 187 cm³/mol. The molecule has 0 radical (unpaired) electrons. The zero-order valence-corrected chi connectivity index (χ0v) is 26.5. The van der Waals surface area contributed by atoms with Gasteiger partial charge >= 0.3 is 12.1 Å². The summed E-state index contributed by atoms with van der Waals surface area (Å²) in [7, 11) is 7.97. The second-order valence-electron chi connectivity index (χ2n) is 9.67. The molecular formula is C33H31N4O2P3. The summed E-state index contributed by atoms with van der Waals surface area (Å²) in [6.45, 7) is 1.90. The molecule has 0 aliphatic heterocycles.